The first-order valence-electron chi connectivity index (χ1n) is 8.40. The highest BCUT2D eigenvalue weighted by molar-refractivity contribution is 5.95. The second-order valence-corrected chi connectivity index (χ2v) is 6.54. The van der Waals surface area contributed by atoms with Gasteiger partial charge in [0.15, 0.2) is 11.4 Å². The first kappa shape index (κ1) is 18.3. The zero-order chi connectivity index (χ0) is 18.9. The van der Waals surface area contributed by atoms with E-state index in [1.54, 1.807) is 4.90 Å². The zero-order valence-corrected chi connectivity index (χ0v) is 14.6. The molecule has 1 unspecified atom stereocenters. The van der Waals surface area contributed by atoms with Gasteiger partial charge in [0.25, 0.3) is 5.91 Å². The number of rotatable bonds is 3. The van der Waals surface area contributed by atoms with E-state index in [1.165, 1.54) is 30.1 Å². The third-order valence-electron chi connectivity index (χ3n) is 4.49. The Hall–Kier alpha value is -2.51. The molecule has 26 heavy (non-hydrogen) atoms. The minimum absolute atomic E-state index is 0.110. The van der Waals surface area contributed by atoms with Gasteiger partial charge in [-0.15, -0.1) is 0 Å². The van der Waals surface area contributed by atoms with Crippen molar-refractivity contribution in [2.45, 2.75) is 25.9 Å². The van der Waals surface area contributed by atoms with Crippen LogP contribution < -0.4 is 4.74 Å². The lowest BCUT2D eigenvalue weighted by Crippen LogP contribution is -2.39. The molecule has 3 rings (SSSR count). The average Bonchev–Trinajstić information content (AvgIpc) is 3.05. The van der Waals surface area contributed by atoms with Crippen LogP contribution in [0.3, 0.4) is 0 Å². The van der Waals surface area contributed by atoms with Crippen molar-refractivity contribution < 1.29 is 22.7 Å². The fraction of sp³-hybridized carbons (Fsp3) is 0.444. The Morgan fingerprint density at radius 1 is 1.35 bits per heavy atom. The molecule has 2 heterocycles. The first-order chi connectivity index (χ1) is 12.3. The van der Waals surface area contributed by atoms with Crippen LogP contribution in [0, 0.1) is 5.92 Å². The summed E-state index contributed by atoms with van der Waals surface area (Å²) in [5.74, 6) is 0.383. The molecule has 1 saturated heterocycles. The molecule has 5 nitrogen and oxygen atoms in total. The van der Waals surface area contributed by atoms with Crippen LogP contribution in [0.4, 0.5) is 13.2 Å². The van der Waals surface area contributed by atoms with E-state index in [2.05, 4.69) is 12.0 Å². The number of alkyl halides is 3. The van der Waals surface area contributed by atoms with Gasteiger partial charge in [-0.2, -0.15) is 18.3 Å². The van der Waals surface area contributed by atoms with Crippen LogP contribution in [0.25, 0.3) is 5.69 Å². The number of likely N-dealkylation sites (tertiary alicyclic amines) is 1. The van der Waals surface area contributed by atoms with Crippen molar-refractivity contribution in [1.82, 2.24) is 14.7 Å². The number of piperidine rings is 1. The van der Waals surface area contributed by atoms with E-state index in [1.807, 2.05) is 0 Å². The minimum Gasteiger partial charge on any atom is -0.493 e. The molecule has 0 N–H and O–H groups in total. The molecule has 1 aliphatic heterocycles. The van der Waals surface area contributed by atoms with Crippen LogP contribution in [0.2, 0.25) is 0 Å². The number of carbonyl (C=O) groups is 1. The van der Waals surface area contributed by atoms with E-state index >= 15 is 0 Å². The summed E-state index contributed by atoms with van der Waals surface area (Å²) < 4.78 is 45.3. The molecule has 1 aromatic carbocycles. The maximum absolute atomic E-state index is 12.9. The maximum atomic E-state index is 12.9. The minimum atomic E-state index is -4.45. The molecule has 0 bridgehead atoms. The average molecular weight is 367 g/mol. The number of hydrogen-bond donors (Lipinski definition) is 0. The summed E-state index contributed by atoms with van der Waals surface area (Å²) in [4.78, 5) is 14.5. The number of benzene rings is 1. The van der Waals surface area contributed by atoms with Gasteiger partial charge in [0, 0.05) is 13.1 Å². The Morgan fingerprint density at radius 3 is 2.77 bits per heavy atom. The Kier molecular flexibility index (Phi) is 4.93. The van der Waals surface area contributed by atoms with Crippen LogP contribution in [-0.2, 0) is 6.18 Å². The molecule has 0 saturated carbocycles. The molecule has 1 aliphatic rings. The van der Waals surface area contributed by atoms with Crippen molar-refractivity contribution in [3.63, 3.8) is 0 Å². The summed E-state index contributed by atoms with van der Waals surface area (Å²) >= 11 is 0. The topological polar surface area (TPSA) is 47.4 Å². The molecule has 0 radical (unpaired) electrons. The van der Waals surface area contributed by atoms with Crippen molar-refractivity contribution in [3.05, 3.63) is 41.7 Å². The normalized spacial score (nSPS) is 18.0. The molecule has 140 valence electrons. The summed E-state index contributed by atoms with van der Waals surface area (Å²) in [5, 5.41) is 4.21. The monoisotopic (exact) mass is 367 g/mol. The smallest absolute Gasteiger partial charge is 0.416 e. The Labute approximate surface area is 149 Å². The van der Waals surface area contributed by atoms with Crippen molar-refractivity contribution >= 4 is 5.91 Å². The van der Waals surface area contributed by atoms with Crippen LogP contribution in [0.15, 0.2) is 30.5 Å². The molecule has 1 fully saturated rings. The Bertz CT molecular complexity index is 801. The summed E-state index contributed by atoms with van der Waals surface area (Å²) in [7, 11) is 1.41. The molecule has 1 aromatic heterocycles. The van der Waals surface area contributed by atoms with Gasteiger partial charge in [0.2, 0.25) is 0 Å². The van der Waals surface area contributed by atoms with Crippen molar-refractivity contribution in [2.24, 2.45) is 5.92 Å². The lowest BCUT2D eigenvalue weighted by Gasteiger charge is -2.30. The van der Waals surface area contributed by atoms with E-state index in [-0.39, 0.29) is 23.0 Å². The molecule has 1 amide bonds. The van der Waals surface area contributed by atoms with Crippen LogP contribution >= 0.6 is 0 Å². The van der Waals surface area contributed by atoms with Crippen molar-refractivity contribution in [1.29, 1.82) is 0 Å². The van der Waals surface area contributed by atoms with E-state index < -0.39 is 11.7 Å². The van der Waals surface area contributed by atoms with E-state index in [9.17, 15) is 18.0 Å². The second kappa shape index (κ2) is 7.01. The number of ether oxygens (including phenoxy) is 1. The standard InChI is InChI=1S/C18H20F3N3O2/c1-12-5-4-8-23(10-12)17(25)16-15(26-2)11-24(22-16)14-7-3-6-13(9-14)18(19,20)21/h3,6-7,9,11-12H,4-5,8,10H2,1-2H3. The molecule has 1 atom stereocenters. The summed E-state index contributed by atoms with van der Waals surface area (Å²) in [6, 6.07) is 4.79. The first-order valence-corrected chi connectivity index (χ1v) is 8.40. The number of nitrogens with zero attached hydrogens (tertiary/aromatic N) is 3. The van der Waals surface area contributed by atoms with Crippen molar-refractivity contribution in [2.75, 3.05) is 20.2 Å². The highest BCUT2D eigenvalue weighted by atomic mass is 19.4. The predicted octanol–water partition coefficient (Wildman–Crippen LogP) is 3.77. The maximum Gasteiger partial charge on any atom is 0.416 e. The van der Waals surface area contributed by atoms with Crippen LogP contribution in [0.1, 0.15) is 35.8 Å². The Morgan fingerprint density at radius 2 is 2.12 bits per heavy atom. The molecule has 0 spiro atoms. The van der Waals surface area contributed by atoms with Crippen LogP contribution in [-0.4, -0.2) is 40.8 Å². The Balaban J connectivity index is 1.93. The largest absolute Gasteiger partial charge is 0.493 e. The molecular formula is C18H20F3N3O2. The predicted molar refractivity (Wildman–Crippen MR) is 89.4 cm³/mol. The lowest BCUT2D eigenvalue weighted by molar-refractivity contribution is -0.137. The number of aromatic nitrogens is 2. The quantitative estimate of drug-likeness (QED) is 0.830. The molecule has 0 aliphatic carbocycles. The summed E-state index contributed by atoms with van der Waals surface area (Å²) in [5.41, 5.74) is -0.453. The second-order valence-electron chi connectivity index (χ2n) is 6.54. The van der Waals surface area contributed by atoms with Gasteiger partial charge >= 0.3 is 6.18 Å². The van der Waals surface area contributed by atoms with Gasteiger partial charge in [-0.3, -0.25) is 4.79 Å². The van der Waals surface area contributed by atoms with Gasteiger partial charge in [0.1, 0.15) is 0 Å². The number of amides is 1. The number of halogens is 3. The summed E-state index contributed by atoms with van der Waals surface area (Å²) in [6.07, 6.45) is -1.03. The number of hydrogen-bond acceptors (Lipinski definition) is 3. The van der Waals surface area contributed by atoms with E-state index in [0.29, 0.717) is 19.0 Å². The van der Waals surface area contributed by atoms with Crippen molar-refractivity contribution in [3.8, 4) is 11.4 Å². The highest BCUT2D eigenvalue weighted by Crippen LogP contribution is 2.31. The molecule has 8 heteroatoms. The highest BCUT2D eigenvalue weighted by Gasteiger charge is 2.31. The summed E-state index contributed by atoms with van der Waals surface area (Å²) in [6.45, 7) is 3.36. The molecule has 2 aromatic rings. The third kappa shape index (κ3) is 3.68. The van der Waals surface area contributed by atoms with E-state index in [4.69, 9.17) is 4.74 Å². The molecular weight excluding hydrogens is 347 g/mol. The van der Waals surface area contributed by atoms with Gasteiger partial charge in [-0.25, -0.2) is 4.68 Å². The third-order valence-corrected chi connectivity index (χ3v) is 4.49. The van der Waals surface area contributed by atoms with Gasteiger partial charge in [-0.1, -0.05) is 13.0 Å². The fourth-order valence-corrected chi connectivity index (χ4v) is 3.14. The lowest BCUT2D eigenvalue weighted by atomic mass is 10.00. The van der Waals surface area contributed by atoms with E-state index in [0.717, 1.165) is 25.0 Å². The van der Waals surface area contributed by atoms with Crippen LogP contribution in [0.5, 0.6) is 5.75 Å². The van der Waals surface area contributed by atoms with Gasteiger partial charge in [0.05, 0.1) is 24.6 Å². The fourth-order valence-electron chi connectivity index (χ4n) is 3.14. The number of methoxy groups -OCH3 is 1. The van der Waals surface area contributed by atoms with Gasteiger partial charge < -0.3 is 9.64 Å². The number of carbonyl (C=O) groups excluding carboxylic acids is 1. The van der Waals surface area contributed by atoms with Gasteiger partial charge in [-0.05, 0) is 37.0 Å². The zero-order valence-electron chi connectivity index (χ0n) is 14.6. The SMILES string of the molecule is COc1cn(-c2cccc(C(F)(F)F)c2)nc1C(=O)N1CCCC(C)C1.